The van der Waals surface area contributed by atoms with E-state index in [0.717, 1.165) is 11.1 Å². The van der Waals surface area contributed by atoms with Crippen LogP contribution in [0.2, 0.25) is 0 Å². The fourth-order valence-electron chi connectivity index (χ4n) is 3.10. The molecule has 1 aromatic heterocycles. The highest BCUT2D eigenvalue weighted by atomic mass is 16.4. The summed E-state index contributed by atoms with van der Waals surface area (Å²) in [6.45, 7) is 1.44. The number of hydrogen-bond acceptors (Lipinski definition) is 3. The van der Waals surface area contributed by atoms with Gasteiger partial charge in [-0.3, -0.25) is 14.2 Å². The predicted octanol–water partition coefficient (Wildman–Crippen LogP) is 3.73. The molecule has 0 saturated carbocycles. The van der Waals surface area contributed by atoms with Gasteiger partial charge >= 0.3 is 5.97 Å². The predicted molar refractivity (Wildman–Crippen MR) is 112 cm³/mol. The van der Waals surface area contributed by atoms with E-state index in [4.69, 9.17) is 0 Å². The van der Waals surface area contributed by atoms with E-state index in [0.29, 0.717) is 12.1 Å². The molecule has 0 aliphatic rings. The molecule has 6 heteroatoms. The monoisotopic (exact) mass is 390 g/mol. The molecule has 0 radical (unpaired) electrons. The number of nitrogens with one attached hydrogen (secondary N) is 1. The molecule has 0 fully saturated rings. The Morgan fingerprint density at radius 2 is 1.59 bits per heavy atom. The molecular weight excluding hydrogens is 368 g/mol. The molecule has 1 heterocycles. The summed E-state index contributed by atoms with van der Waals surface area (Å²) in [5.41, 5.74) is 1.75. The number of rotatable bonds is 7. The Morgan fingerprint density at radius 1 is 0.966 bits per heavy atom. The number of benzene rings is 2. The number of pyridine rings is 1. The highest BCUT2D eigenvalue weighted by Gasteiger charge is 2.21. The van der Waals surface area contributed by atoms with Gasteiger partial charge in [0, 0.05) is 6.42 Å². The summed E-state index contributed by atoms with van der Waals surface area (Å²) in [4.78, 5) is 36.9. The maximum absolute atomic E-state index is 13.0. The van der Waals surface area contributed by atoms with Crippen molar-refractivity contribution in [1.29, 1.82) is 0 Å². The Labute approximate surface area is 168 Å². The van der Waals surface area contributed by atoms with Crippen molar-refractivity contribution in [3.63, 3.8) is 0 Å². The lowest BCUT2D eigenvalue weighted by Gasteiger charge is -2.18. The van der Waals surface area contributed by atoms with Crippen molar-refractivity contribution < 1.29 is 14.7 Å². The molecule has 0 aliphatic heterocycles. The van der Waals surface area contributed by atoms with Crippen LogP contribution in [0, 0.1) is 0 Å². The lowest BCUT2D eigenvalue weighted by Crippen LogP contribution is -2.32. The van der Waals surface area contributed by atoms with Crippen molar-refractivity contribution >= 4 is 17.6 Å². The van der Waals surface area contributed by atoms with Gasteiger partial charge in [-0.05, 0) is 36.6 Å². The number of carboxylic acids is 1. The first-order valence-electron chi connectivity index (χ1n) is 9.35. The number of carboxylic acid groups (broad SMARTS) is 1. The van der Waals surface area contributed by atoms with E-state index in [1.54, 1.807) is 18.2 Å². The van der Waals surface area contributed by atoms with Crippen LogP contribution in [0.15, 0.2) is 77.6 Å². The molecule has 3 aromatic rings. The summed E-state index contributed by atoms with van der Waals surface area (Å²) >= 11 is 0. The van der Waals surface area contributed by atoms with Crippen LogP contribution < -0.4 is 10.9 Å². The number of nitrogens with zero attached hydrogens (tertiary/aromatic N) is 1. The van der Waals surface area contributed by atoms with Gasteiger partial charge in [0.2, 0.25) is 5.91 Å². The molecule has 0 aliphatic carbocycles. The van der Waals surface area contributed by atoms with Gasteiger partial charge in [0.1, 0.15) is 11.7 Å². The normalized spacial score (nSPS) is 11.6. The van der Waals surface area contributed by atoms with Crippen LogP contribution in [-0.2, 0) is 16.0 Å². The van der Waals surface area contributed by atoms with E-state index in [1.165, 1.54) is 17.6 Å². The zero-order valence-corrected chi connectivity index (χ0v) is 16.0. The van der Waals surface area contributed by atoms with E-state index in [2.05, 4.69) is 5.32 Å². The van der Waals surface area contributed by atoms with Crippen LogP contribution in [-0.4, -0.2) is 21.6 Å². The van der Waals surface area contributed by atoms with Gasteiger partial charge in [-0.2, -0.15) is 0 Å². The molecular formula is C23H22N2O4. The average Bonchev–Trinajstić information content (AvgIpc) is 2.74. The highest BCUT2D eigenvalue weighted by molar-refractivity contribution is 5.91. The van der Waals surface area contributed by atoms with Gasteiger partial charge in [-0.15, -0.1) is 0 Å². The molecule has 1 atom stereocenters. The lowest BCUT2D eigenvalue weighted by molar-refractivity contribution is -0.140. The van der Waals surface area contributed by atoms with Crippen molar-refractivity contribution in [2.24, 2.45) is 0 Å². The van der Waals surface area contributed by atoms with Crippen LogP contribution in [0.1, 0.15) is 24.9 Å². The van der Waals surface area contributed by atoms with E-state index in [-0.39, 0.29) is 18.0 Å². The minimum Gasteiger partial charge on any atom is -0.480 e. The van der Waals surface area contributed by atoms with Crippen LogP contribution in [0.3, 0.4) is 0 Å². The maximum atomic E-state index is 13.0. The number of hydrogen-bond donors (Lipinski definition) is 2. The smallest absolute Gasteiger partial charge is 0.326 e. The quantitative estimate of drug-likeness (QED) is 0.643. The fraction of sp³-hybridized carbons (Fsp3) is 0.174. The number of carbonyl (C=O) groups excluding carboxylic acids is 1. The van der Waals surface area contributed by atoms with Crippen LogP contribution in [0.5, 0.6) is 0 Å². The third kappa shape index (κ3) is 4.79. The number of amides is 1. The maximum Gasteiger partial charge on any atom is 0.326 e. The third-order valence-corrected chi connectivity index (χ3v) is 4.69. The van der Waals surface area contributed by atoms with Crippen molar-refractivity contribution in [3.05, 3.63) is 88.7 Å². The number of aryl methyl sites for hydroxylation is 1. The van der Waals surface area contributed by atoms with Crippen molar-refractivity contribution in [2.45, 2.75) is 25.8 Å². The fourth-order valence-corrected chi connectivity index (χ4v) is 3.10. The number of aliphatic carboxylic acids is 1. The van der Waals surface area contributed by atoms with E-state index < -0.39 is 17.6 Å². The molecule has 2 N–H and O–H groups in total. The van der Waals surface area contributed by atoms with Gasteiger partial charge in [-0.25, -0.2) is 4.79 Å². The second-order valence-corrected chi connectivity index (χ2v) is 6.72. The van der Waals surface area contributed by atoms with Gasteiger partial charge in [0.05, 0.1) is 5.69 Å². The summed E-state index contributed by atoms with van der Waals surface area (Å²) in [6, 6.07) is 20.8. The molecule has 148 valence electrons. The average molecular weight is 390 g/mol. The number of aromatic nitrogens is 1. The van der Waals surface area contributed by atoms with Gasteiger partial charge in [0.25, 0.3) is 5.56 Å². The zero-order valence-electron chi connectivity index (χ0n) is 16.0. The number of carbonyl (C=O) groups is 2. The Bertz CT molecular complexity index is 1060. The van der Waals surface area contributed by atoms with Crippen LogP contribution >= 0.6 is 0 Å². The van der Waals surface area contributed by atoms with Crippen molar-refractivity contribution in [2.75, 3.05) is 5.32 Å². The topological polar surface area (TPSA) is 88.4 Å². The standard InChI is InChI=1S/C23H22N2O4/c1-16(23(28)29)25-20(18-10-6-3-7-11-18)14-13-19(22(25)27)24-21(26)15-12-17-8-4-2-5-9-17/h2-11,13-14,16H,12,15H2,1H3,(H,24,26)(H,28,29). The minimum absolute atomic E-state index is 0.0656. The van der Waals surface area contributed by atoms with E-state index in [9.17, 15) is 19.5 Å². The molecule has 2 aromatic carbocycles. The van der Waals surface area contributed by atoms with Crippen LogP contribution in [0.4, 0.5) is 5.69 Å². The molecule has 1 unspecified atom stereocenters. The Balaban J connectivity index is 1.88. The first-order valence-corrected chi connectivity index (χ1v) is 9.35. The van der Waals surface area contributed by atoms with Gasteiger partial charge in [0.15, 0.2) is 0 Å². The van der Waals surface area contributed by atoms with Gasteiger partial charge in [-0.1, -0.05) is 60.7 Å². The van der Waals surface area contributed by atoms with Crippen molar-refractivity contribution in [3.8, 4) is 11.3 Å². The lowest BCUT2D eigenvalue weighted by atomic mass is 10.1. The second kappa shape index (κ2) is 9.01. The summed E-state index contributed by atoms with van der Waals surface area (Å²) in [6.07, 6.45) is 0.771. The van der Waals surface area contributed by atoms with E-state index >= 15 is 0 Å². The Kier molecular flexibility index (Phi) is 6.24. The molecule has 1 amide bonds. The summed E-state index contributed by atoms with van der Waals surface area (Å²) in [5.74, 6) is -1.43. The molecule has 29 heavy (non-hydrogen) atoms. The van der Waals surface area contributed by atoms with Crippen LogP contribution in [0.25, 0.3) is 11.3 Å². The first-order chi connectivity index (χ1) is 14.0. The second-order valence-electron chi connectivity index (χ2n) is 6.72. The Hall–Kier alpha value is -3.67. The summed E-state index contributed by atoms with van der Waals surface area (Å²) in [5, 5.41) is 12.1. The number of anilines is 1. The molecule has 0 saturated heterocycles. The largest absolute Gasteiger partial charge is 0.480 e. The third-order valence-electron chi connectivity index (χ3n) is 4.69. The summed E-state index contributed by atoms with van der Waals surface area (Å²) in [7, 11) is 0. The SMILES string of the molecule is CC(C(=O)O)n1c(-c2ccccc2)ccc(NC(=O)CCc2ccccc2)c1=O. The molecule has 0 bridgehead atoms. The molecule has 3 rings (SSSR count). The Morgan fingerprint density at radius 3 is 2.21 bits per heavy atom. The first kappa shape index (κ1) is 20.1. The van der Waals surface area contributed by atoms with Crippen molar-refractivity contribution in [1.82, 2.24) is 4.57 Å². The zero-order chi connectivity index (χ0) is 20.8. The molecule has 0 spiro atoms. The van der Waals surface area contributed by atoms with Gasteiger partial charge < -0.3 is 10.4 Å². The minimum atomic E-state index is -1.13. The summed E-state index contributed by atoms with van der Waals surface area (Å²) < 4.78 is 1.20. The van der Waals surface area contributed by atoms with E-state index in [1.807, 2.05) is 48.5 Å². The molecule has 6 nitrogen and oxygen atoms in total. The highest BCUT2D eigenvalue weighted by Crippen LogP contribution is 2.22.